The Balaban J connectivity index is 2.24. The molecule has 4 nitrogen and oxygen atoms in total. The lowest BCUT2D eigenvalue weighted by Gasteiger charge is -2.10. The molecule has 0 aliphatic heterocycles. The maximum atomic E-state index is 11.3. The Bertz CT molecular complexity index is 247. The Morgan fingerprint density at radius 1 is 1.54 bits per heavy atom. The van der Waals surface area contributed by atoms with Gasteiger partial charge in [0, 0.05) is 12.6 Å². The maximum Gasteiger partial charge on any atom is 0.211 e. The van der Waals surface area contributed by atoms with Gasteiger partial charge in [-0.25, -0.2) is 13.1 Å². The molecule has 0 radical (unpaired) electrons. The second-order valence-corrected chi connectivity index (χ2v) is 5.59. The van der Waals surface area contributed by atoms with E-state index in [9.17, 15) is 8.42 Å². The van der Waals surface area contributed by atoms with Gasteiger partial charge in [-0.15, -0.1) is 0 Å². The lowest BCUT2D eigenvalue weighted by molar-refractivity contribution is 0.561. The van der Waals surface area contributed by atoms with Gasteiger partial charge < -0.3 is 5.73 Å². The van der Waals surface area contributed by atoms with E-state index in [2.05, 4.69) is 4.72 Å². The van der Waals surface area contributed by atoms with Crippen LogP contribution in [0.4, 0.5) is 0 Å². The lowest BCUT2D eigenvalue weighted by Crippen LogP contribution is -2.38. The molecule has 0 bridgehead atoms. The summed E-state index contributed by atoms with van der Waals surface area (Å²) in [5, 5.41) is 0. The van der Waals surface area contributed by atoms with Gasteiger partial charge in [-0.1, -0.05) is 6.92 Å². The van der Waals surface area contributed by atoms with E-state index in [1.807, 2.05) is 6.92 Å². The van der Waals surface area contributed by atoms with Gasteiger partial charge in [0.1, 0.15) is 0 Å². The monoisotopic (exact) mass is 206 g/mol. The summed E-state index contributed by atoms with van der Waals surface area (Å²) in [6.07, 6.45) is 2.91. The first-order chi connectivity index (χ1) is 6.03. The highest BCUT2D eigenvalue weighted by Crippen LogP contribution is 2.29. The molecule has 78 valence electrons. The van der Waals surface area contributed by atoms with Crippen LogP contribution in [0.1, 0.15) is 26.2 Å². The third-order valence-corrected chi connectivity index (χ3v) is 3.76. The van der Waals surface area contributed by atoms with Gasteiger partial charge in [-0.05, 0) is 25.2 Å². The molecule has 5 heteroatoms. The van der Waals surface area contributed by atoms with Crippen LogP contribution < -0.4 is 10.5 Å². The molecule has 0 spiro atoms. The molecule has 13 heavy (non-hydrogen) atoms. The predicted molar refractivity (Wildman–Crippen MR) is 52.8 cm³/mol. The number of nitrogens with one attached hydrogen (secondary N) is 1. The summed E-state index contributed by atoms with van der Waals surface area (Å²) in [6.45, 7) is 2.31. The first kappa shape index (κ1) is 10.9. The van der Waals surface area contributed by atoms with Crippen LogP contribution >= 0.6 is 0 Å². The zero-order valence-electron chi connectivity index (χ0n) is 7.99. The average Bonchev–Trinajstić information content (AvgIpc) is 2.83. The van der Waals surface area contributed by atoms with Gasteiger partial charge >= 0.3 is 0 Å². The molecule has 3 N–H and O–H groups in total. The molecule has 1 rings (SSSR count). The van der Waals surface area contributed by atoms with Crippen LogP contribution in [-0.4, -0.2) is 26.8 Å². The number of hydrogen-bond donors (Lipinski definition) is 2. The highest BCUT2D eigenvalue weighted by molar-refractivity contribution is 7.89. The summed E-state index contributed by atoms with van der Waals surface area (Å²) in [6, 6.07) is -0.0611. The van der Waals surface area contributed by atoms with Crippen LogP contribution in [0.3, 0.4) is 0 Å². The Morgan fingerprint density at radius 2 is 2.15 bits per heavy atom. The fourth-order valence-corrected chi connectivity index (χ4v) is 2.57. The van der Waals surface area contributed by atoms with Crippen LogP contribution in [0, 0.1) is 5.92 Å². The Morgan fingerprint density at radius 3 is 2.62 bits per heavy atom. The molecule has 0 aromatic rings. The van der Waals surface area contributed by atoms with Crippen molar-refractivity contribution in [3.05, 3.63) is 0 Å². The van der Waals surface area contributed by atoms with Gasteiger partial charge in [0.05, 0.1) is 5.75 Å². The van der Waals surface area contributed by atoms with Crippen LogP contribution in [0.2, 0.25) is 0 Å². The predicted octanol–water partition coefficient (Wildman–Crippen LogP) is 0.0531. The van der Waals surface area contributed by atoms with Crippen LogP contribution in [-0.2, 0) is 10.0 Å². The van der Waals surface area contributed by atoms with Gasteiger partial charge in [0.2, 0.25) is 10.0 Å². The van der Waals surface area contributed by atoms with E-state index in [-0.39, 0.29) is 11.8 Å². The molecule has 1 fully saturated rings. The second kappa shape index (κ2) is 4.39. The van der Waals surface area contributed by atoms with Crippen molar-refractivity contribution in [2.45, 2.75) is 32.2 Å². The van der Waals surface area contributed by atoms with Crippen molar-refractivity contribution in [2.75, 3.05) is 12.3 Å². The lowest BCUT2D eigenvalue weighted by atomic mass is 10.2. The standard InChI is InChI=1S/C8H18N2O2S/c1-2-8(9)5-10-13(11,12)6-7-3-4-7/h7-8,10H,2-6,9H2,1H3. The fraction of sp³-hybridized carbons (Fsp3) is 1.00. The zero-order valence-corrected chi connectivity index (χ0v) is 8.81. The molecule has 0 aromatic heterocycles. The molecular weight excluding hydrogens is 188 g/mol. The van der Waals surface area contributed by atoms with Crippen molar-refractivity contribution in [3.8, 4) is 0 Å². The molecule has 1 aliphatic rings. The molecule has 1 aliphatic carbocycles. The molecule has 0 heterocycles. The maximum absolute atomic E-state index is 11.3. The van der Waals surface area contributed by atoms with Crippen LogP contribution in [0.5, 0.6) is 0 Å². The largest absolute Gasteiger partial charge is 0.327 e. The first-order valence-electron chi connectivity index (χ1n) is 4.76. The second-order valence-electron chi connectivity index (χ2n) is 3.74. The van der Waals surface area contributed by atoms with E-state index in [1.165, 1.54) is 0 Å². The van der Waals surface area contributed by atoms with Gasteiger partial charge in [-0.3, -0.25) is 0 Å². The molecule has 0 saturated heterocycles. The minimum absolute atomic E-state index is 0.0611. The summed E-state index contributed by atoms with van der Waals surface area (Å²) >= 11 is 0. The molecule has 1 saturated carbocycles. The summed E-state index contributed by atoms with van der Waals surface area (Å²) in [5.74, 6) is 0.680. The smallest absolute Gasteiger partial charge is 0.211 e. The van der Waals surface area contributed by atoms with Crippen molar-refractivity contribution >= 4 is 10.0 Å². The Kier molecular flexibility index (Phi) is 3.70. The quantitative estimate of drug-likeness (QED) is 0.645. The van der Waals surface area contributed by atoms with Crippen molar-refractivity contribution < 1.29 is 8.42 Å². The van der Waals surface area contributed by atoms with Crippen molar-refractivity contribution in [1.29, 1.82) is 0 Å². The van der Waals surface area contributed by atoms with Crippen LogP contribution in [0.15, 0.2) is 0 Å². The zero-order chi connectivity index (χ0) is 9.90. The molecular formula is C8H18N2O2S. The molecule has 1 unspecified atom stereocenters. The van der Waals surface area contributed by atoms with Crippen molar-refractivity contribution in [1.82, 2.24) is 4.72 Å². The van der Waals surface area contributed by atoms with Crippen molar-refractivity contribution in [3.63, 3.8) is 0 Å². The number of nitrogens with two attached hydrogens (primary N) is 1. The normalized spacial score (nSPS) is 20.2. The minimum atomic E-state index is -3.05. The third-order valence-electron chi connectivity index (χ3n) is 2.24. The summed E-state index contributed by atoms with van der Waals surface area (Å²) in [5.41, 5.74) is 5.60. The fourth-order valence-electron chi connectivity index (χ4n) is 1.03. The van der Waals surface area contributed by atoms with Gasteiger partial charge in [0.15, 0.2) is 0 Å². The highest BCUT2D eigenvalue weighted by Gasteiger charge is 2.27. The van der Waals surface area contributed by atoms with Gasteiger partial charge in [0.25, 0.3) is 0 Å². The van der Waals surface area contributed by atoms with E-state index in [0.717, 1.165) is 19.3 Å². The topological polar surface area (TPSA) is 72.2 Å². The van der Waals surface area contributed by atoms with E-state index in [1.54, 1.807) is 0 Å². The van der Waals surface area contributed by atoms with Crippen molar-refractivity contribution in [2.24, 2.45) is 11.7 Å². The van der Waals surface area contributed by atoms with E-state index >= 15 is 0 Å². The molecule has 0 amide bonds. The first-order valence-corrected chi connectivity index (χ1v) is 6.41. The summed E-state index contributed by atoms with van der Waals surface area (Å²) in [4.78, 5) is 0. The Hall–Kier alpha value is -0.130. The SMILES string of the molecule is CCC(N)CNS(=O)(=O)CC1CC1. The summed E-state index contributed by atoms with van der Waals surface area (Å²) < 4.78 is 25.2. The Labute approximate surface area is 79.9 Å². The molecule has 0 aromatic carbocycles. The number of rotatable bonds is 6. The highest BCUT2D eigenvalue weighted by atomic mass is 32.2. The minimum Gasteiger partial charge on any atom is -0.327 e. The van der Waals surface area contributed by atoms with E-state index < -0.39 is 10.0 Å². The van der Waals surface area contributed by atoms with E-state index in [4.69, 9.17) is 5.73 Å². The molecule has 1 atom stereocenters. The summed E-state index contributed by atoms with van der Waals surface area (Å²) in [7, 11) is -3.05. The van der Waals surface area contributed by atoms with E-state index in [0.29, 0.717) is 12.5 Å². The average molecular weight is 206 g/mol. The van der Waals surface area contributed by atoms with Crippen LogP contribution in [0.25, 0.3) is 0 Å². The number of sulfonamides is 1. The third kappa shape index (κ3) is 4.59. The number of hydrogen-bond acceptors (Lipinski definition) is 3. The van der Waals surface area contributed by atoms with Gasteiger partial charge in [-0.2, -0.15) is 0 Å².